The summed E-state index contributed by atoms with van der Waals surface area (Å²) in [4.78, 5) is 0. The van der Waals surface area contributed by atoms with Crippen molar-refractivity contribution in [1.29, 1.82) is 0 Å². The van der Waals surface area contributed by atoms with E-state index in [0.717, 1.165) is 11.1 Å². The van der Waals surface area contributed by atoms with Gasteiger partial charge in [0.2, 0.25) is 0 Å². The van der Waals surface area contributed by atoms with Crippen molar-refractivity contribution in [2.75, 3.05) is 5.90 Å². The second-order valence-corrected chi connectivity index (χ2v) is 33.5. The van der Waals surface area contributed by atoms with E-state index in [1.165, 1.54) is 90.9 Å². The molecule has 6 heteroatoms. The Kier molecular flexibility index (Phi) is 19.3. The Morgan fingerprint density at radius 3 is 0.880 bits per heavy atom. The van der Waals surface area contributed by atoms with Gasteiger partial charge in [-0.25, -0.2) is 0 Å². The van der Waals surface area contributed by atoms with Crippen molar-refractivity contribution in [3.8, 4) is 34.1 Å². The molecule has 12 aromatic rings. The summed E-state index contributed by atoms with van der Waals surface area (Å²) in [5, 5.41) is 17.2. The van der Waals surface area contributed by atoms with Crippen LogP contribution in [0.15, 0.2) is 328 Å². The van der Waals surface area contributed by atoms with Gasteiger partial charge in [-0.3, -0.25) is 11.8 Å². The standard InChI is InChI=1S/2C26H17Si.C25H22P2.2Au/c1-2-20-17-18-26-24(19-20)23-15-9-10-16-25(23)27(26,21-11-5-3-6-12-21)22-13-7-4-8-14-22;1-2-20-17-18-24-23-15-9-10-16-25(23)27(26(24)19-20,21-11-5-3-6-12-21)22-13-7-4-8-14-22;1-5-13-22(14-6-1)26(23-15-7-2-8-16-23)21-27(24-17-9-3-10-18-24)25-19-11-4-12-20-25;;/h2*3-19H;1-20H,21H2;;/q2*-1;;2*+1/p+2. The smallest absolute Gasteiger partial charge is 0.366 e. The fourth-order valence-electron chi connectivity index (χ4n) is 12.5. The largest absolute Gasteiger partial charge is 1.00 e. The quantitative estimate of drug-likeness (QED) is 0.0554. The van der Waals surface area contributed by atoms with Crippen molar-refractivity contribution in [3.05, 3.63) is 352 Å². The van der Waals surface area contributed by atoms with Crippen molar-refractivity contribution in [2.24, 2.45) is 0 Å². The third-order valence-electron chi connectivity index (χ3n) is 16.0. The fourth-order valence-corrected chi connectivity index (χ4v) is 30.6. The monoisotopic (exact) mass is 1490 g/mol. The van der Waals surface area contributed by atoms with Crippen LogP contribution in [0.25, 0.3) is 22.3 Å². The molecule has 14 rings (SSSR count). The Hall–Kier alpha value is -7.47. The van der Waals surface area contributed by atoms with Gasteiger partial charge in [0, 0.05) is 0 Å². The van der Waals surface area contributed by atoms with Crippen molar-refractivity contribution in [2.45, 2.75) is 0 Å². The SMILES string of the molecule is [Au+].[Au+].[C-]#Cc1ccc2c(c1)-c1ccccc1[Si]2(c1ccccc1)c1ccccc1.[C-]#Cc1ccc2c(c1)[Si](c1ccccc1)(c1ccccc1)c1ccccc1-2.c1ccc([PH+](C[PH+](c2ccccc2)c2ccccc2)c2ccccc2)cc1. The Labute approximate surface area is 526 Å². The summed E-state index contributed by atoms with van der Waals surface area (Å²) in [6.07, 6.45) is 15.3. The Balaban J connectivity index is 0.000000137. The van der Waals surface area contributed by atoms with E-state index in [1.54, 1.807) is 0 Å². The minimum absolute atomic E-state index is 0. The van der Waals surface area contributed by atoms with E-state index in [9.17, 15) is 0 Å². The maximum absolute atomic E-state index is 7.67. The number of hydrogen-bond acceptors (Lipinski definition) is 0. The molecular weight excluding hydrogens is 1440 g/mol. The van der Waals surface area contributed by atoms with Crippen LogP contribution in [0.4, 0.5) is 0 Å². The van der Waals surface area contributed by atoms with Crippen molar-refractivity contribution >= 4 is 94.7 Å². The Bertz CT molecular complexity index is 3920. The Morgan fingerprint density at radius 1 is 0.253 bits per heavy atom. The van der Waals surface area contributed by atoms with E-state index in [2.05, 4.69) is 327 Å². The normalized spacial score (nSPS) is 12.3. The van der Waals surface area contributed by atoms with Crippen LogP contribution in [-0.4, -0.2) is 22.1 Å². The van der Waals surface area contributed by atoms with Gasteiger partial charge in [0.05, 0.1) is 0 Å². The van der Waals surface area contributed by atoms with Crippen LogP contribution in [-0.2, 0) is 44.8 Å². The molecule has 83 heavy (non-hydrogen) atoms. The maximum atomic E-state index is 7.67. The first-order valence-electron chi connectivity index (χ1n) is 27.6. The molecule has 2 heterocycles. The predicted molar refractivity (Wildman–Crippen MR) is 356 cm³/mol. The summed E-state index contributed by atoms with van der Waals surface area (Å²) in [6, 6.07) is 119. The molecule has 0 nitrogen and oxygen atoms in total. The summed E-state index contributed by atoms with van der Waals surface area (Å²) in [7, 11) is -6.44. The summed E-state index contributed by atoms with van der Waals surface area (Å²) in [5.41, 5.74) is 6.83. The summed E-state index contributed by atoms with van der Waals surface area (Å²) in [6.45, 7) is 0. The van der Waals surface area contributed by atoms with E-state index in [-0.39, 0.29) is 44.8 Å². The molecule has 2 aliphatic rings. The zero-order valence-electron chi connectivity index (χ0n) is 45.5. The first-order valence-corrected chi connectivity index (χ1v) is 35.0. The number of rotatable bonds is 10. The third-order valence-corrected chi connectivity index (χ3v) is 32.7. The van der Waals surface area contributed by atoms with Gasteiger partial charge >= 0.3 is 44.8 Å². The van der Waals surface area contributed by atoms with Gasteiger partial charge in [-0.05, 0) is 107 Å². The van der Waals surface area contributed by atoms with Gasteiger partial charge in [0.25, 0.3) is 0 Å². The van der Waals surface area contributed by atoms with Crippen molar-refractivity contribution in [3.63, 3.8) is 0 Å². The topological polar surface area (TPSA) is 0 Å². The summed E-state index contributed by atoms with van der Waals surface area (Å²) < 4.78 is 0. The van der Waals surface area contributed by atoms with Gasteiger partial charge in [0.1, 0.15) is 37.1 Å². The minimum Gasteiger partial charge on any atom is -0.366 e. The Morgan fingerprint density at radius 2 is 0.518 bits per heavy atom. The first-order chi connectivity index (χ1) is 40.1. The van der Waals surface area contributed by atoms with Gasteiger partial charge in [-0.1, -0.05) is 260 Å². The molecule has 0 radical (unpaired) electrons. The molecule has 0 atom stereocenters. The molecule has 12 aromatic carbocycles. The molecule has 0 bridgehead atoms. The van der Waals surface area contributed by atoms with E-state index in [0.29, 0.717) is 0 Å². The molecule has 0 amide bonds. The molecular formula is C77H58Au2P2Si2+2. The maximum Gasteiger partial charge on any atom is 1.00 e. The minimum atomic E-state index is -2.40. The second kappa shape index (κ2) is 27.3. The zero-order chi connectivity index (χ0) is 54.9. The van der Waals surface area contributed by atoms with Crippen LogP contribution < -0.4 is 62.7 Å². The molecule has 0 aromatic heterocycles. The van der Waals surface area contributed by atoms with Crippen LogP contribution in [0.2, 0.25) is 0 Å². The molecule has 0 unspecified atom stereocenters. The van der Waals surface area contributed by atoms with Crippen LogP contribution in [0.1, 0.15) is 11.1 Å². The van der Waals surface area contributed by atoms with E-state index < -0.39 is 32.0 Å². The average molecular weight is 1500 g/mol. The van der Waals surface area contributed by atoms with Crippen LogP contribution in [0.3, 0.4) is 0 Å². The van der Waals surface area contributed by atoms with E-state index in [4.69, 9.17) is 12.8 Å². The molecule has 0 saturated carbocycles. The van der Waals surface area contributed by atoms with Crippen LogP contribution in [0, 0.1) is 24.7 Å². The van der Waals surface area contributed by atoms with Crippen molar-refractivity contribution in [1.82, 2.24) is 0 Å². The number of fused-ring (bicyclic) bond motifs is 6. The number of hydrogen-bond donors (Lipinski definition) is 0. The van der Waals surface area contributed by atoms with E-state index in [1.807, 2.05) is 12.1 Å². The molecule has 0 aliphatic carbocycles. The van der Waals surface area contributed by atoms with Gasteiger partial charge in [0.15, 0.2) is 22.1 Å². The fraction of sp³-hybridized carbons (Fsp3) is 0.0130. The molecule has 0 N–H and O–H groups in total. The van der Waals surface area contributed by atoms with Gasteiger partial charge in [-0.2, -0.15) is 0 Å². The third kappa shape index (κ3) is 11.5. The molecule has 2 aliphatic heterocycles. The predicted octanol–water partition coefficient (Wildman–Crippen LogP) is 10.6. The summed E-state index contributed by atoms with van der Waals surface area (Å²) >= 11 is 0. The number of benzene rings is 12. The van der Waals surface area contributed by atoms with E-state index >= 15 is 0 Å². The van der Waals surface area contributed by atoms with Gasteiger partial charge < -0.3 is 12.8 Å². The second-order valence-electron chi connectivity index (χ2n) is 20.4. The van der Waals surface area contributed by atoms with Crippen LogP contribution >= 0.6 is 15.8 Å². The molecule has 404 valence electrons. The van der Waals surface area contributed by atoms with Crippen LogP contribution in [0.5, 0.6) is 0 Å². The molecule has 0 fully saturated rings. The summed E-state index contributed by atoms with van der Waals surface area (Å²) in [5.74, 6) is 6.40. The average Bonchev–Trinajstić information content (AvgIpc) is 2.11. The molecule has 0 spiro atoms. The first kappa shape index (κ1) is 58.7. The zero-order valence-corrected chi connectivity index (χ0v) is 53.8. The van der Waals surface area contributed by atoms with Crippen molar-refractivity contribution < 1.29 is 44.8 Å². The molecule has 0 saturated heterocycles. The van der Waals surface area contributed by atoms with Gasteiger partial charge in [-0.15, -0.1) is 35.4 Å².